The van der Waals surface area contributed by atoms with Crippen molar-refractivity contribution >= 4 is 11.7 Å². The van der Waals surface area contributed by atoms with Gasteiger partial charge in [-0.1, -0.05) is 30.3 Å². The van der Waals surface area contributed by atoms with Crippen LogP contribution in [0.25, 0.3) is 0 Å². The van der Waals surface area contributed by atoms with E-state index in [1.165, 1.54) is 0 Å². The van der Waals surface area contributed by atoms with Gasteiger partial charge in [0.05, 0.1) is 12.1 Å². The molecule has 0 saturated heterocycles. The second kappa shape index (κ2) is 5.46. The van der Waals surface area contributed by atoms with E-state index in [9.17, 15) is 4.79 Å². The molecule has 5 nitrogen and oxygen atoms in total. The molecule has 0 radical (unpaired) electrons. The predicted molar refractivity (Wildman–Crippen MR) is 77.4 cm³/mol. The number of hydrogen-bond donors (Lipinski definition) is 2. The summed E-state index contributed by atoms with van der Waals surface area (Å²) in [6.07, 6.45) is 1.30. The van der Waals surface area contributed by atoms with Crippen molar-refractivity contribution in [1.82, 2.24) is 15.1 Å². The van der Waals surface area contributed by atoms with Crippen LogP contribution in [0.5, 0.6) is 0 Å². The number of rotatable bonds is 3. The lowest BCUT2D eigenvalue weighted by molar-refractivity contribution is -0.115. The lowest BCUT2D eigenvalue weighted by Crippen LogP contribution is -2.26. The number of aromatic amines is 1. The minimum absolute atomic E-state index is 0.0237. The lowest BCUT2D eigenvalue weighted by atomic mass is 10.1. The van der Waals surface area contributed by atoms with Gasteiger partial charge in [0.1, 0.15) is 0 Å². The summed E-state index contributed by atoms with van der Waals surface area (Å²) in [5.74, 6) is 0.665. The van der Waals surface area contributed by atoms with Crippen LogP contribution in [0.1, 0.15) is 16.8 Å². The fourth-order valence-corrected chi connectivity index (χ4v) is 2.51. The maximum atomic E-state index is 12.1. The third kappa shape index (κ3) is 2.72. The molecule has 1 aliphatic heterocycles. The van der Waals surface area contributed by atoms with Crippen molar-refractivity contribution < 1.29 is 4.79 Å². The van der Waals surface area contributed by atoms with E-state index in [-0.39, 0.29) is 5.91 Å². The number of likely N-dealkylation sites (N-methyl/N-ethyl adjacent to an activating group) is 1. The molecular formula is C15H18N4O. The molecule has 2 heterocycles. The Morgan fingerprint density at radius 3 is 3.00 bits per heavy atom. The molecule has 1 aliphatic rings. The lowest BCUT2D eigenvalue weighted by Gasteiger charge is -2.21. The minimum atomic E-state index is -0.0237. The average Bonchev–Trinajstić information content (AvgIpc) is 2.82. The molecule has 1 aromatic heterocycles. The molecule has 20 heavy (non-hydrogen) atoms. The van der Waals surface area contributed by atoms with Crippen LogP contribution in [-0.2, 0) is 24.2 Å². The predicted octanol–water partition coefficient (Wildman–Crippen LogP) is 1.58. The van der Waals surface area contributed by atoms with Gasteiger partial charge in [0.15, 0.2) is 5.82 Å². The summed E-state index contributed by atoms with van der Waals surface area (Å²) >= 11 is 0. The highest BCUT2D eigenvalue weighted by Crippen LogP contribution is 2.22. The summed E-state index contributed by atoms with van der Waals surface area (Å²) in [7, 11) is 2.08. The first kappa shape index (κ1) is 12.9. The molecule has 0 saturated carbocycles. The van der Waals surface area contributed by atoms with Gasteiger partial charge < -0.3 is 10.2 Å². The van der Waals surface area contributed by atoms with Crippen molar-refractivity contribution in [2.45, 2.75) is 19.4 Å². The van der Waals surface area contributed by atoms with Crippen LogP contribution in [0.4, 0.5) is 5.82 Å². The van der Waals surface area contributed by atoms with Gasteiger partial charge >= 0.3 is 0 Å². The van der Waals surface area contributed by atoms with Crippen molar-refractivity contribution in [3.63, 3.8) is 0 Å². The molecule has 2 N–H and O–H groups in total. The molecule has 0 bridgehead atoms. The highest BCUT2D eigenvalue weighted by atomic mass is 16.1. The maximum absolute atomic E-state index is 12.1. The molecule has 2 aromatic rings. The van der Waals surface area contributed by atoms with Gasteiger partial charge in [0, 0.05) is 18.7 Å². The molecule has 0 aliphatic carbocycles. The van der Waals surface area contributed by atoms with Crippen LogP contribution in [0.3, 0.4) is 0 Å². The zero-order valence-electron chi connectivity index (χ0n) is 11.5. The average molecular weight is 270 g/mol. The van der Waals surface area contributed by atoms with Gasteiger partial charge in [0.2, 0.25) is 5.91 Å². The van der Waals surface area contributed by atoms with Gasteiger partial charge in [-0.05, 0) is 19.0 Å². The van der Waals surface area contributed by atoms with Gasteiger partial charge in [-0.3, -0.25) is 9.89 Å². The Balaban J connectivity index is 1.68. The molecule has 0 unspecified atom stereocenters. The number of H-pyrrole nitrogens is 1. The Morgan fingerprint density at radius 2 is 2.20 bits per heavy atom. The third-order valence-corrected chi connectivity index (χ3v) is 3.59. The van der Waals surface area contributed by atoms with Crippen LogP contribution in [-0.4, -0.2) is 34.6 Å². The van der Waals surface area contributed by atoms with Gasteiger partial charge in [0.25, 0.3) is 0 Å². The van der Waals surface area contributed by atoms with E-state index in [1.54, 1.807) is 0 Å². The molecular weight excluding hydrogens is 252 g/mol. The zero-order chi connectivity index (χ0) is 13.9. The van der Waals surface area contributed by atoms with E-state index < -0.39 is 0 Å². The Morgan fingerprint density at radius 1 is 1.40 bits per heavy atom. The van der Waals surface area contributed by atoms with Crippen molar-refractivity contribution in [3.05, 3.63) is 47.2 Å². The van der Waals surface area contributed by atoms with E-state index in [0.29, 0.717) is 12.2 Å². The first-order chi connectivity index (χ1) is 9.72. The summed E-state index contributed by atoms with van der Waals surface area (Å²) in [5, 5.41) is 10.2. The topological polar surface area (TPSA) is 61.0 Å². The second-order valence-electron chi connectivity index (χ2n) is 5.23. The fourth-order valence-electron chi connectivity index (χ4n) is 2.51. The van der Waals surface area contributed by atoms with Gasteiger partial charge in [-0.15, -0.1) is 0 Å². The number of aromatic nitrogens is 2. The summed E-state index contributed by atoms with van der Waals surface area (Å²) in [6.45, 7) is 1.85. The minimum Gasteiger partial charge on any atom is -0.309 e. The number of carbonyl (C=O) groups excluding carboxylic acids is 1. The van der Waals surface area contributed by atoms with Crippen molar-refractivity contribution in [2.75, 3.05) is 18.9 Å². The Bertz CT molecular complexity index is 606. The summed E-state index contributed by atoms with van der Waals surface area (Å²) < 4.78 is 0. The molecule has 104 valence electrons. The monoisotopic (exact) mass is 270 g/mol. The number of anilines is 1. The Labute approximate surface area is 118 Å². The Kier molecular flexibility index (Phi) is 3.52. The third-order valence-electron chi connectivity index (χ3n) is 3.59. The standard InChI is InChI=1S/C15H18N4O/c1-19-8-7-12-13(10-19)17-18-15(12)16-14(20)9-11-5-3-2-4-6-11/h2-6H,7-10H2,1H3,(H2,16,17,18,20). The fraction of sp³-hybridized carbons (Fsp3) is 0.333. The smallest absolute Gasteiger partial charge is 0.230 e. The summed E-state index contributed by atoms with van der Waals surface area (Å²) in [4.78, 5) is 14.3. The van der Waals surface area contributed by atoms with Gasteiger partial charge in [-0.25, -0.2) is 0 Å². The summed E-state index contributed by atoms with van der Waals surface area (Å²) in [6, 6.07) is 9.73. The number of carbonyl (C=O) groups is 1. The van der Waals surface area contributed by atoms with Crippen LogP contribution >= 0.6 is 0 Å². The number of benzene rings is 1. The highest BCUT2D eigenvalue weighted by Gasteiger charge is 2.20. The van der Waals surface area contributed by atoms with Crippen molar-refractivity contribution in [2.24, 2.45) is 0 Å². The van der Waals surface area contributed by atoms with Crippen molar-refractivity contribution in [1.29, 1.82) is 0 Å². The molecule has 1 amide bonds. The number of amides is 1. The first-order valence-corrected chi connectivity index (χ1v) is 6.81. The SMILES string of the molecule is CN1CCc2c(NC(=O)Cc3ccccc3)n[nH]c2C1. The van der Waals surface area contributed by atoms with Crippen molar-refractivity contribution in [3.8, 4) is 0 Å². The zero-order valence-corrected chi connectivity index (χ0v) is 11.5. The number of nitrogens with one attached hydrogen (secondary N) is 2. The largest absolute Gasteiger partial charge is 0.309 e. The van der Waals surface area contributed by atoms with E-state index in [2.05, 4.69) is 27.5 Å². The molecule has 0 atom stereocenters. The van der Waals surface area contributed by atoms with Crippen LogP contribution < -0.4 is 5.32 Å². The number of nitrogens with zero attached hydrogens (tertiary/aromatic N) is 2. The maximum Gasteiger partial charge on any atom is 0.230 e. The quantitative estimate of drug-likeness (QED) is 0.890. The molecule has 0 spiro atoms. The van der Waals surface area contributed by atoms with E-state index in [0.717, 1.165) is 36.3 Å². The van der Waals surface area contributed by atoms with Crippen LogP contribution in [0.2, 0.25) is 0 Å². The number of fused-ring (bicyclic) bond motifs is 1. The van der Waals surface area contributed by atoms with Gasteiger partial charge in [-0.2, -0.15) is 5.10 Å². The highest BCUT2D eigenvalue weighted by molar-refractivity contribution is 5.92. The van der Waals surface area contributed by atoms with Crippen LogP contribution in [0.15, 0.2) is 30.3 Å². The molecule has 1 aromatic carbocycles. The Hall–Kier alpha value is -2.14. The molecule has 3 rings (SSSR count). The normalized spacial score (nSPS) is 14.8. The van der Waals surface area contributed by atoms with Crippen LogP contribution in [0, 0.1) is 0 Å². The first-order valence-electron chi connectivity index (χ1n) is 6.81. The molecule has 5 heteroatoms. The second-order valence-corrected chi connectivity index (χ2v) is 5.23. The summed E-state index contributed by atoms with van der Waals surface area (Å²) in [5.41, 5.74) is 3.26. The molecule has 0 fully saturated rings. The number of hydrogen-bond acceptors (Lipinski definition) is 3. The van der Waals surface area contributed by atoms with E-state index >= 15 is 0 Å². The van der Waals surface area contributed by atoms with E-state index in [1.807, 2.05) is 30.3 Å². The van der Waals surface area contributed by atoms with E-state index in [4.69, 9.17) is 0 Å².